The van der Waals surface area contributed by atoms with Gasteiger partial charge >= 0.3 is 5.97 Å². The van der Waals surface area contributed by atoms with Gasteiger partial charge in [-0.1, -0.05) is 31.9 Å². The van der Waals surface area contributed by atoms with Gasteiger partial charge in [0, 0.05) is 59.7 Å². The second kappa shape index (κ2) is 9.69. The molecule has 0 saturated carbocycles. The Morgan fingerprint density at radius 1 is 1.15 bits per heavy atom. The summed E-state index contributed by atoms with van der Waals surface area (Å²) in [7, 11) is 0. The lowest BCUT2D eigenvalue weighted by atomic mass is 9.98. The fraction of sp³-hybridized carbons (Fsp3) is 0.417. The summed E-state index contributed by atoms with van der Waals surface area (Å²) in [5, 5.41) is 10.8. The molecule has 1 aliphatic rings. The van der Waals surface area contributed by atoms with Gasteiger partial charge in [-0.3, -0.25) is 0 Å². The average Bonchev–Trinajstić information content (AvgIpc) is 2.82. The molecule has 7 nitrogen and oxygen atoms in total. The third-order valence-corrected chi connectivity index (χ3v) is 7.22. The molecule has 9 heteroatoms. The smallest absolute Gasteiger partial charge is 0.354 e. The lowest BCUT2D eigenvalue weighted by Crippen LogP contribution is -2.47. The number of piperazine rings is 1. The number of hydrogen-bond acceptors (Lipinski definition) is 6. The van der Waals surface area contributed by atoms with Crippen LogP contribution < -0.4 is 9.80 Å². The predicted molar refractivity (Wildman–Crippen MR) is 133 cm³/mol. The fourth-order valence-electron chi connectivity index (χ4n) is 4.10. The topological polar surface area (TPSA) is 82.5 Å². The zero-order valence-electron chi connectivity index (χ0n) is 18.9. The molecule has 0 aliphatic carbocycles. The fourth-order valence-corrected chi connectivity index (χ4v) is 4.66. The van der Waals surface area contributed by atoms with Gasteiger partial charge in [0.1, 0.15) is 0 Å². The maximum Gasteiger partial charge on any atom is 0.354 e. The summed E-state index contributed by atoms with van der Waals surface area (Å²) in [6, 6.07) is 6.94. The Balaban J connectivity index is 1.55. The first-order valence-corrected chi connectivity index (χ1v) is 11.9. The molecule has 2 unspecified atom stereocenters. The van der Waals surface area contributed by atoms with Crippen LogP contribution in [0.3, 0.4) is 0 Å². The van der Waals surface area contributed by atoms with E-state index in [1.54, 1.807) is 18.2 Å². The molecule has 3 heterocycles. The number of hydrogen-bond donors (Lipinski definition) is 1. The maximum atomic E-state index is 11.6. The van der Waals surface area contributed by atoms with Crippen molar-refractivity contribution in [3.05, 3.63) is 52.4 Å². The second-order valence-corrected chi connectivity index (χ2v) is 9.37. The van der Waals surface area contributed by atoms with Crippen LogP contribution in [-0.2, 0) is 0 Å². The minimum atomic E-state index is -1.05. The first kappa shape index (κ1) is 23.5. The number of nitrogens with zero attached hydrogens (tertiary/aromatic N) is 5. The second-order valence-electron chi connectivity index (χ2n) is 8.47. The Kier molecular flexibility index (Phi) is 6.91. The molecule has 1 fully saturated rings. The van der Waals surface area contributed by atoms with Gasteiger partial charge in [-0.15, -0.1) is 11.6 Å². The molecule has 0 bridgehead atoms. The van der Waals surface area contributed by atoms with Crippen molar-refractivity contribution in [2.45, 2.75) is 32.6 Å². The van der Waals surface area contributed by atoms with Crippen LogP contribution in [-0.4, -0.2) is 52.2 Å². The monoisotopic (exact) mass is 487 g/mol. The zero-order valence-corrected chi connectivity index (χ0v) is 20.4. The van der Waals surface area contributed by atoms with E-state index in [-0.39, 0.29) is 11.1 Å². The number of aromatic carboxylic acids is 1. The third-order valence-electron chi connectivity index (χ3n) is 6.32. The highest BCUT2D eigenvalue weighted by Crippen LogP contribution is 2.33. The van der Waals surface area contributed by atoms with Crippen LogP contribution in [0.2, 0.25) is 5.02 Å². The molecule has 4 rings (SSSR count). The average molecular weight is 488 g/mol. The van der Waals surface area contributed by atoms with Crippen molar-refractivity contribution in [3.63, 3.8) is 0 Å². The van der Waals surface area contributed by atoms with E-state index in [4.69, 9.17) is 28.2 Å². The summed E-state index contributed by atoms with van der Waals surface area (Å²) in [4.78, 5) is 29.5. The van der Waals surface area contributed by atoms with Crippen LogP contribution in [0.15, 0.2) is 30.5 Å². The van der Waals surface area contributed by atoms with Crippen molar-refractivity contribution in [1.29, 1.82) is 0 Å². The number of benzene rings is 1. The van der Waals surface area contributed by atoms with Gasteiger partial charge in [-0.2, -0.15) is 0 Å². The molecule has 2 atom stereocenters. The van der Waals surface area contributed by atoms with Gasteiger partial charge in [0.25, 0.3) is 0 Å². The molecule has 1 aromatic carbocycles. The number of fused-ring (bicyclic) bond motifs is 1. The number of carbonyl (C=O) groups is 1. The van der Waals surface area contributed by atoms with E-state index < -0.39 is 5.97 Å². The van der Waals surface area contributed by atoms with E-state index in [1.165, 1.54) is 0 Å². The molecule has 0 spiro atoms. The number of halogens is 2. The maximum absolute atomic E-state index is 11.6. The number of carboxylic acids is 1. The van der Waals surface area contributed by atoms with Gasteiger partial charge in [0.15, 0.2) is 5.69 Å². The minimum Gasteiger partial charge on any atom is -0.477 e. The summed E-state index contributed by atoms with van der Waals surface area (Å²) in [5.41, 5.74) is 3.35. The zero-order chi connectivity index (χ0) is 23.7. The predicted octanol–water partition coefficient (Wildman–Crippen LogP) is 5.34. The SMILES string of the molecule is CCC(C)C(Cl)c1cnc(N2CCN(c3cc(C(=O)O)nc4ccc(Cl)cc34)CC2)nc1C. The van der Waals surface area contributed by atoms with E-state index in [0.29, 0.717) is 48.6 Å². The molecule has 174 valence electrons. The van der Waals surface area contributed by atoms with Crippen molar-refractivity contribution in [2.75, 3.05) is 36.0 Å². The van der Waals surface area contributed by atoms with Gasteiger partial charge in [-0.05, 0) is 37.1 Å². The van der Waals surface area contributed by atoms with E-state index in [9.17, 15) is 9.90 Å². The van der Waals surface area contributed by atoms with Crippen LogP contribution in [0.25, 0.3) is 10.9 Å². The minimum absolute atomic E-state index is 0.0220. The first-order chi connectivity index (χ1) is 15.8. The number of aryl methyl sites for hydroxylation is 1. The number of aromatic nitrogens is 3. The number of rotatable bonds is 6. The number of carboxylic acid groups (broad SMARTS) is 1. The molecule has 0 amide bonds. The number of anilines is 2. The molecular formula is C24H27Cl2N5O2. The van der Waals surface area contributed by atoms with E-state index in [2.05, 4.69) is 33.6 Å². The lowest BCUT2D eigenvalue weighted by Gasteiger charge is -2.36. The number of alkyl halides is 1. The Morgan fingerprint density at radius 3 is 2.48 bits per heavy atom. The van der Waals surface area contributed by atoms with Crippen molar-refractivity contribution >= 4 is 51.7 Å². The van der Waals surface area contributed by atoms with E-state index >= 15 is 0 Å². The summed E-state index contributed by atoms with van der Waals surface area (Å²) >= 11 is 12.8. The van der Waals surface area contributed by atoms with Crippen LogP contribution in [0.4, 0.5) is 11.6 Å². The summed E-state index contributed by atoms with van der Waals surface area (Å²) in [6.07, 6.45) is 2.85. The quantitative estimate of drug-likeness (QED) is 0.469. The van der Waals surface area contributed by atoms with Crippen LogP contribution in [0.1, 0.15) is 47.4 Å². The molecular weight excluding hydrogens is 461 g/mol. The van der Waals surface area contributed by atoms with E-state index in [1.807, 2.05) is 19.2 Å². The van der Waals surface area contributed by atoms with Gasteiger partial charge in [0.2, 0.25) is 5.95 Å². The third kappa shape index (κ3) is 4.84. The van der Waals surface area contributed by atoms with Crippen molar-refractivity contribution in [3.8, 4) is 0 Å². The van der Waals surface area contributed by atoms with E-state index in [0.717, 1.165) is 28.8 Å². The Hall–Kier alpha value is -2.64. The molecule has 3 aromatic rings. The lowest BCUT2D eigenvalue weighted by molar-refractivity contribution is 0.0691. The summed E-state index contributed by atoms with van der Waals surface area (Å²) < 4.78 is 0. The molecule has 33 heavy (non-hydrogen) atoms. The Bertz CT molecular complexity index is 1180. The molecule has 0 radical (unpaired) electrons. The largest absolute Gasteiger partial charge is 0.477 e. The van der Waals surface area contributed by atoms with Crippen molar-refractivity contribution < 1.29 is 9.90 Å². The Labute approximate surface area is 203 Å². The standard InChI is InChI=1S/C24H27Cl2N5O2/c1-4-14(2)22(26)18-13-27-24(28-15(18)3)31-9-7-30(8-10-31)21-12-20(23(32)33)29-19-6-5-16(25)11-17(19)21/h5-6,11-14,22H,4,7-10H2,1-3H3,(H,32,33). The van der Waals surface area contributed by atoms with Crippen LogP contribution in [0, 0.1) is 12.8 Å². The number of pyridine rings is 1. The van der Waals surface area contributed by atoms with Crippen LogP contribution >= 0.6 is 23.2 Å². The first-order valence-electron chi connectivity index (χ1n) is 11.1. The van der Waals surface area contributed by atoms with Crippen LogP contribution in [0.5, 0.6) is 0 Å². The highest BCUT2D eigenvalue weighted by Gasteiger charge is 2.24. The molecule has 1 saturated heterocycles. The normalized spacial score (nSPS) is 16.2. The highest BCUT2D eigenvalue weighted by atomic mass is 35.5. The van der Waals surface area contributed by atoms with Crippen molar-refractivity contribution in [1.82, 2.24) is 15.0 Å². The summed E-state index contributed by atoms with van der Waals surface area (Å²) in [6.45, 7) is 9.05. The van der Waals surface area contributed by atoms with Crippen molar-refractivity contribution in [2.24, 2.45) is 5.92 Å². The molecule has 2 aromatic heterocycles. The van der Waals surface area contributed by atoms with Gasteiger partial charge in [0.05, 0.1) is 10.9 Å². The highest BCUT2D eigenvalue weighted by molar-refractivity contribution is 6.31. The molecule has 1 N–H and O–H groups in total. The molecule has 1 aliphatic heterocycles. The summed E-state index contributed by atoms with van der Waals surface area (Å²) in [5.74, 6) is -0.00814. The van der Waals surface area contributed by atoms with Gasteiger partial charge in [-0.25, -0.2) is 19.7 Å². The Morgan fingerprint density at radius 2 is 1.85 bits per heavy atom. The van der Waals surface area contributed by atoms with Gasteiger partial charge < -0.3 is 14.9 Å².